The number of rotatable bonds is 17. The van der Waals surface area contributed by atoms with E-state index in [1.54, 1.807) is 27.7 Å². The van der Waals surface area contributed by atoms with Crippen LogP contribution in [0.1, 0.15) is 169 Å². The predicted molar refractivity (Wildman–Crippen MR) is 294 cm³/mol. The average Bonchev–Trinajstić information content (AvgIpc) is 0.710. The van der Waals surface area contributed by atoms with Crippen molar-refractivity contribution in [1.82, 2.24) is 0 Å². The van der Waals surface area contributed by atoms with Gasteiger partial charge in [0.15, 0.2) is 60.3 Å². The van der Waals surface area contributed by atoms with Gasteiger partial charge in [-0.3, -0.25) is 33.6 Å². The van der Waals surface area contributed by atoms with E-state index in [4.69, 9.17) is 72.0 Å². The molecule has 1 aromatic rings. The minimum atomic E-state index is -2.73. The Bertz CT molecular complexity index is 2910. The number of carbonyl (C=O) groups is 7. The molecule has 9 aliphatic rings. The van der Waals surface area contributed by atoms with Crippen LogP contribution in [0.2, 0.25) is 0 Å². The lowest BCUT2D eigenvalue weighted by molar-refractivity contribution is -0.316. The number of phenolic OH excluding ortho intramolecular Hbond substituents is 1. The number of nitrogens with two attached hydrogens (primary N) is 1. The van der Waals surface area contributed by atoms with Gasteiger partial charge in [-0.15, -0.1) is 0 Å². The van der Waals surface area contributed by atoms with Gasteiger partial charge >= 0.3 is 11.9 Å². The number of fused-ring (bicyclic) bond motifs is 3. The van der Waals surface area contributed by atoms with E-state index in [-0.39, 0.29) is 54.5 Å². The van der Waals surface area contributed by atoms with E-state index in [0.717, 1.165) is 6.08 Å². The molecule has 0 spiro atoms. The number of amides is 1. The van der Waals surface area contributed by atoms with Crippen LogP contribution in [0.3, 0.4) is 0 Å². The molecule has 1 amide bonds. The third-order valence-corrected chi connectivity index (χ3v) is 18.5. The first-order valence-electron chi connectivity index (χ1n) is 30.3. The second-order valence-electron chi connectivity index (χ2n) is 24.8. The van der Waals surface area contributed by atoms with Crippen molar-refractivity contribution in [2.24, 2.45) is 17.1 Å². The van der Waals surface area contributed by atoms with Gasteiger partial charge in [-0.1, -0.05) is 0 Å². The van der Waals surface area contributed by atoms with Crippen LogP contribution in [0.4, 0.5) is 0 Å². The van der Waals surface area contributed by atoms with Crippen LogP contribution in [-0.2, 0) is 91.9 Å². The molecule has 10 rings (SSSR count). The number of methoxy groups -OCH3 is 1. The highest BCUT2D eigenvalue weighted by molar-refractivity contribution is 6.28. The molecule has 1 aromatic carbocycles. The molecule has 0 radical (unpaired) electrons. The molecular weight excluding hydrogens is 1150 g/mol. The number of carboxylic acids is 1. The Morgan fingerprint density at radius 2 is 1.05 bits per heavy atom. The summed E-state index contributed by atoms with van der Waals surface area (Å²) < 4.78 is 86.7. The zero-order chi connectivity index (χ0) is 62.7. The Morgan fingerprint density at radius 3 is 1.49 bits per heavy atom. The minimum absolute atomic E-state index is 0.000350. The molecule has 0 aromatic heterocycles. The third-order valence-electron chi connectivity index (χ3n) is 18.5. The molecule has 6 fully saturated rings. The number of ether oxygens (including phenoxy) is 14. The van der Waals surface area contributed by atoms with Crippen molar-refractivity contribution in [3.05, 3.63) is 51.5 Å². The summed E-state index contributed by atoms with van der Waals surface area (Å²) in [6.07, 6.45) is -7.65. The van der Waals surface area contributed by atoms with Gasteiger partial charge in [0.05, 0.1) is 85.4 Å². The summed E-state index contributed by atoms with van der Waals surface area (Å²) in [5, 5.41) is 43.9. The Morgan fingerprint density at radius 1 is 0.609 bits per heavy atom. The molecule has 21 atom stereocenters. The summed E-state index contributed by atoms with van der Waals surface area (Å²) >= 11 is 0. The fourth-order valence-electron chi connectivity index (χ4n) is 13.2. The van der Waals surface area contributed by atoms with Crippen molar-refractivity contribution < 1.29 is 120 Å². The number of esters is 1. The van der Waals surface area contributed by atoms with E-state index >= 15 is 4.79 Å². The maximum absolute atomic E-state index is 15.6. The molecule has 26 nitrogen and oxygen atoms in total. The van der Waals surface area contributed by atoms with Gasteiger partial charge in [0, 0.05) is 56.1 Å². The van der Waals surface area contributed by atoms with Crippen molar-refractivity contribution >= 4 is 41.0 Å². The van der Waals surface area contributed by atoms with Gasteiger partial charge in [-0.25, -0.2) is 0 Å². The standard InChI is InChI=1S/C61H81NO25/c1-25-34(63)10-16-42(75-25)81-39-15-21-47(80-29(39)5)87-61-33(23-31-22-32-49(52(66)48(31)55(61)68)35(64)24-41(74-9)51(32)65)54(53(67)50(56(61)69)57(62)70)86-46-20-13-38(28(4)79-46)84-44-18-11-36(26(2)77-44)82-43-17-12-37(27(3)76-43)83-45-19-14-40(30(6)78-45)85-59(73)60(7,8)58(71)72/h22,24-30,33-34,36-40,42-47,54,63,66,69H,10-21,23H2,1-9H3,(H2,62,70)(H,71,72). The van der Waals surface area contributed by atoms with Gasteiger partial charge in [0.1, 0.15) is 29.3 Å². The molecule has 6 saturated heterocycles. The highest BCUT2D eigenvalue weighted by Crippen LogP contribution is 2.52. The Kier molecular flexibility index (Phi) is 19.2. The number of carbonyl (C=O) groups excluding carboxylic acids is 6. The molecular formula is C61H81NO25. The van der Waals surface area contributed by atoms with Crippen LogP contribution < -0.4 is 5.73 Å². The lowest BCUT2D eigenvalue weighted by Crippen LogP contribution is -2.65. The number of Topliss-reactive ketones (excluding diaryl/α,β-unsaturated/α-hetero) is 3. The molecule has 0 bridgehead atoms. The maximum Gasteiger partial charge on any atom is 0.323 e. The molecule has 6 N–H and O–H groups in total. The van der Waals surface area contributed by atoms with Crippen LogP contribution >= 0.6 is 0 Å². The van der Waals surface area contributed by atoms with Crippen LogP contribution in [0, 0.1) is 11.3 Å². The molecule has 87 heavy (non-hydrogen) atoms. The second kappa shape index (κ2) is 25.9. The van der Waals surface area contributed by atoms with E-state index < -0.39 is 191 Å². The summed E-state index contributed by atoms with van der Waals surface area (Å²) in [6.45, 7) is 13.3. The summed E-state index contributed by atoms with van der Waals surface area (Å²) in [5.41, 5.74) is -0.840. The van der Waals surface area contributed by atoms with Gasteiger partial charge < -0.3 is 92.5 Å². The summed E-state index contributed by atoms with van der Waals surface area (Å²) in [7, 11) is 1.20. The molecule has 26 heteroatoms. The number of hydrogen-bond acceptors (Lipinski definition) is 24. The van der Waals surface area contributed by atoms with Crippen molar-refractivity contribution in [1.29, 1.82) is 0 Å². The van der Waals surface area contributed by atoms with Crippen molar-refractivity contribution in [2.45, 2.75) is 262 Å². The predicted octanol–water partition coefficient (Wildman–Crippen LogP) is 4.75. The summed E-state index contributed by atoms with van der Waals surface area (Å²) in [4.78, 5) is 95.0. The van der Waals surface area contributed by atoms with Crippen LogP contribution in [-0.4, -0.2) is 191 Å². The first-order chi connectivity index (χ1) is 41.2. The van der Waals surface area contributed by atoms with Crippen LogP contribution in [0.15, 0.2) is 29.2 Å². The van der Waals surface area contributed by atoms with Crippen LogP contribution in [0.5, 0.6) is 5.75 Å². The highest BCUT2D eigenvalue weighted by atomic mass is 16.8. The molecule has 3 aliphatic carbocycles. The highest BCUT2D eigenvalue weighted by Gasteiger charge is 2.66. The zero-order valence-corrected chi connectivity index (χ0v) is 50.3. The molecule has 0 saturated carbocycles. The Balaban J connectivity index is 0.781. The first kappa shape index (κ1) is 64.6. The van der Waals surface area contributed by atoms with Gasteiger partial charge in [0.2, 0.25) is 17.3 Å². The summed E-state index contributed by atoms with van der Waals surface area (Å²) in [5.74, 6) is -11.3. The number of benzene rings is 1. The van der Waals surface area contributed by atoms with Crippen molar-refractivity contribution in [2.75, 3.05) is 7.11 Å². The minimum Gasteiger partial charge on any atom is -0.508 e. The molecule has 21 unspecified atom stereocenters. The summed E-state index contributed by atoms with van der Waals surface area (Å²) in [6, 6.07) is 1.25. The number of carboxylic acid groups (broad SMARTS) is 1. The lowest BCUT2D eigenvalue weighted by atomic mass is 9.62. The number of hydrogen-bond donors (Lipinski definition) is 5. The number of aliphatic hydroxyl groups is 2. The average molecular weight is 1230 g/mol. The van der Waals surface area contributed by atoms with E-state index in [2.05, 4.69) is 0 Å². The Hall–Kier alpha value is -5.33. The SMILES string of the molecule is COC1=CC(=O)c2c(cc3c(c2O)C(=O)C2(OC4CCC(OC5CCC(O)C(C)O5)C(C)O4)C(O)=C(C(N)=O)C(=O)C(OC4CCC(OC5CCC(OC6CCC(OC7CCC(OC(=O)C(C)(C)C(=O)O)C(C)O7)C(C)O6)C(C)O5)C(C)O4)C2C3)C1=O. The van der Waals surface area contributed by atoms with Gasteiger partial charge in [0.25, 0.3) is 5.91 Å². The topological polar surface area (TPSA) is 356 Å². The number of primary amides is 1. The fraction of sp³-hybridized carbons (Fsp3) is 0.721. The van der Waals surface area contributed by atoms with E-state index in [1.807, 2.05) is 13.8 Å². The van der Waals surface area contributed by atoms with E-state index in [9.17, 15) is 49.2 Å². The number of allylic oxidation sites excluding steroid dienone is 2. The Labute approximate surface area is 502 Å². The lowest BCUT2D eigenvalue weighted by Gasteiger charge is -2.50. The largest absolute Gasteiger partial charge is 0.508 e. The smallest absolute Gasteiger partial charge is 0.323 e. The van der Waals surface area contributed by atoms with E-state index in [1.165, 1.54) is 27.0 Å². The number of phenols is 1. The fourth-order valence-corrected chi connectivity index (χ4v) is 13.2. The quantitative estimate of drug-likeness (QED) is 0.0798. The number of aromatic hydroxyl groups is 1. The van der Waals surface area contributed by atoms with Crippen LogP contribution in [0.25, 0.3) is 0 Å². The monoisotopic (exact) mass is 1230 g/mol. The van der Waals surface area contributed by atoms with Gasteiger partial charge in [-0.05, 0) is 112 Å². The maximum atomic E-state index is 15.6. The first-order valence-corrected chi connectivity index (χ1v) is 30.3. The molecule has 480 valence electrons. The molecule has 6 aliphatic heterocycles. The molecule has 6 heterocycles. The van der Waals surface area contributed by atoms with Gasteiger partial charge in [-0.2, -0.15) is 0 Å². The van der Waals surface area contributed by atoms with Crippen molar-refractivity contribution in [3.8, 4) is 5.75 Å². The zero-order valence-electron chi connectivity index (χ0n) is 50.3. The second-order valence-corrected chi connectivity index (χ2v) is 24.8. The third kappa shape index (κ3) is 12.8. The van der Waals surface area contributed by atoms with Crippen molar-refractivity contribution in [3.63, 3.8) is 0 Å². The number of ketones is 4. The number of aliphatic carboxylic acids is 1. The number of aliphatic hydroxyl groups excluding tert-OH is 2. The van der Waals surface area contributed by atoms with E-state index in [0.29, 0.717) is 57.8 Å². The normalized spacial score (nSPS) is 39.3.